The van der Waals surface area contributed by atoms with Gasteiger partial charge in [0.05, 0.1) is 0 Å². The zero-order chi connectivity index (χ0) is 11.4. The zero-order valence-electron chi connectivity index (χ0n) is 10.8. The van der Waals surface area contributed by atoms with Crippen molar-refractivity contribution in [2.45, 2.75) is 52.7 Å². The van der Waals surface area contributed by atoms with E-state index < -0.39 is 0 Å². The molecule has 6 heteroatoms. The summed E-state index contributed by atoms with van der Waals surface area (Å²) in [6.45, 7) is 12.3. The summed E-state index contributed by atoms with van der Waals surface area (Å²) in [4.78, 5) is 0. The molecule has 0 aromatic heterocycles. The molecule has 1 atom stereocenters. The first-order valence-electron chi connectivity index (χ1n) is 6.23. The molecule has 15 heavy (non-hydrogen) atoms. The normalized spacial score (nSPS) is 19.7. The highest BCUT2D eigenvalue weighted by Crippen LogP contribution is 2.18. The van der Waals surface area contributed by atoms with Crippen molar-refractivity contribution in [3.8, 4) is 0 Å². The summed E-state index contributed by atoms with van der Waals surface area (Å²) in [7, 11) is 0.920. The number of rotatable bonds is 4. The molecule has 0 amide bonds. The van der Waals surface area contributed by atoms with Crippen molar-refractivity contribution >= 4 is 21.5 Å². The van der Waals surface area contributed by atoms with Crippen molar-refractivity contribution in [3.63, 3.8) is 0 Å². The Morgan fingerprint density at radius 3 is 2.13 bits per heavy atom. The van der Waals surface area contributed by atoms with Crippen LogP contribution in [0, 0.1) is 5.92 Å². The van der Waals surface area contributed by atoms with Crippen LogP contribution < -0.4 is 15.4 Å². The lowest BCUT2D eigenvalue weighted by molar-refractivity contribution is 0.565. The molecule has 0 bridgehead atoms. The number of hydrogen-bond acceptors (Lipinski definition) is 3. The average Bonchev–Trinajstić information content (AvgIpc) is 2.17. The van der Waals surface area contributed by atoms with Gasteiger partial charge in [-0.2, -0.15) is 0 Å². The summed E-state index contributed by atoms with van der Waals surface area (Å²) in [6, 6.07) is 0. The Morgan fingerprint density at radius 2 is 1.60 bits per heavy atom. The zero-order valence-corrected chi connectivity index (χ0v) is 10.8. The number of hydrogen-bond donors (Lipinski definition) is 3. The van der Waals surface area contributed by atoms with Gasteiger partial charge in [0.15, 0.2) is 0 Å². The van der Waals surface area contributed by atoms with E-state index in [1.807, 2.05) is 0 Å². The SMILES string of the molecule is CC(C)CC(C)B1NBNB(C(C)C)N1. The van der Waals surface area contributed by atoms with Crippen LogP contribution in [0.15, 0.2) is 0 Å². The molecular weight excluding hydrogens is 183 g/mol. The van der Waals surface area contributed by atoms with E-state index in [4.69, 9.17) is 0 Å². The van der Waals surface area contributed by atoms with Gasteiger partial charge >= 0.3 is 0 Å². The average molecular weight is 207 g/mol. The van der Waals surface area contributed by atoms with Gasteiger partial charge in [-0.1, -0.05) is 41.0 Å². The van der Waals surface area contributed by atoms with Crippen molar-refractivity contribution < 1.29 is 0 Å². The minimum atomic E-state index is 0.450. The van der Waals surface area contributed by atoms with Gasteiger partial charge in [0.1, 0.15) is 0 Å². The quantitative estimate of drug-likeness (QED) is 0.598. The van der Waals surface area contributed by atoms with E-state index in [9.17, 15) is 0 Å². The van der Waals surface area contributed by atoms with Crippen LogP contribution >= 0.6 is 0 Å². The first kappa shape index (κ1) is 13.1. The molecule has 1 aliphatic rings. The molecule has 1 fully saturated rings. The third-order valence-corrected chi connectivity index (χ3v) is 3.08. The highest BCUT2D eigenvalue weighted by atomic mass is 15.0. The highest BCUT2D eigenvalue weighted by Gasteiger charge is 2.32. The fourth-order valence-corrected chi connectivity index (χ4v) is 2.26. The van der Waals surface area contributed by atoms with Gasteiger partial charge in [-0.05, 0) is 17.6 Å². The van der Waals surface area contributed by atoms with Crippen molar-refractivity contribution in [1.29, 1.82) is 0 Å². The molecule has 0 saturated carbocycles. The van der Waals surface area contributed by atoms with E-state index >= 15 is 0 Å². The van der Waals surface area contributed by atoms with Crippen LogP contribution in [-0.2, 0) is 0 Å². The smallest absolute Gasteiger partial charge is 0.287 e. The maximum atomic E-state index is 3.64. The van der Waals surface area contributed by atoms with E-state index in [0.29, 0.717) is 25.6 Å². The first-order chi connectivity index (χ1) is 7.00. The summed E-state index contributed by atoms with van der Waals surface area (Å²) in [5.74, 6) is 2.10. The van der Waals surface area contributed by atoms with E-state index in [-0.39, 0.29) is 0 Å². The van der Waals surface area contributed by atoms with Crippen molar-refractivity contribution in [1.82, 2.24) is 15.4 Å². The van der Waals surface area contributed by atoms with Gasteiger partial charge in [-0.25, -0.2) is 0 Å². The Kier molecular flexibility index (Phi) is 5.23. The molecule has 3 N–H and O–H groups in total. The minimum absolute atomic E-state index is 0.450. The molecule has 0 spiro atoms. The maximum Gasteiger partial charge on any atom is 0.287 e. The predicted octanol–water partition coefficient (Wildman–Crippen LogP) is 0.858. The van der Waals surface area contributed by atoms with Crippen molar-refractivity contribution in [2.75, 3.05) is 0 Å². The lowest BCUT2D eigenvalue weighted by atomic mass is 9.46. The van der Waals surface area contributed by atoms with E-state index in [1.165, 1.54) is 6.42 Å². The summed E-state index contributed by atoms with van der Waals surface area (Å²) in [5.41, 5.74) is 0. The molecule has 1 heterocycles. The third kappa shape index (κ3) is 4.21. The fraction of sp³-hybridized carbons (Fsp3) is 1.00. The lowest BCUT2D eigenvalue weighted by Crippen LogP contribution is -2.71. The monoisotopic (exact) mass is 207 g/mol. The topological polar surface area (TPSA) is 36.1 Å². The molecule has 1 rings (SSSR count). The molecule has 1 saturated heterocycles. The first-order valence-corrected chi connectivity index (χ1v) is 6.23. The summed E-state index contributed by atoms with van der Waals surface area (Å²) in [5, 5.41) is 10.6. The third-order valence-electron chi connectivity index (χ3n) is 3.08. The fourth-order valence-electron chi connectivity index (χ4n) is 2.26. The van der Waals surface area contributed by atoms with E-state index in [1.54, 1.807) is 0 Å². The second-order valence-corrected chi connectivity index (χ2v) is 5.56. The van der Waals surface area contributed by atoms with Crippen LogP contribution in [0.1, 0.15) is 41.0 Å². The molecule has 0 aromatic rings. The summed E-state index contributed by atoms with van der Waals surface area (Å²) >= 11 is 0. The Morgan fingerprint density at radius 1 is 1.00 bits per heavy atom. The highest BCUT2D eigenvalue weighted by molar-refractivity contribution is 6.82. The molecule has 84 valence electrons. The van der Waals surface area contributed by atoms with Crippen LogP contribution in [0.4, 0.5) is 0 Å². The second kappa shape index (κ2) is 5.97. The second-order valence-electron chi connectivity index (χ2n) is 5.56. The van der Waals surface area contributed by atoms with Crippen LogP contribution in [0.5, 0.6) is 0 Å². The van der Waals surface area contributed by atoms with Gasteiger partial charge in [-0.15, -0.1) is 0 Å². The largest absolute Gasteiger partial charge is 0.374 e. The number of nitrogens with one attached hydrogen (secondary N) is 3. The molecule has 0 aromatic carbocycles. The standard InChI is InChI=1S/C9H24B3N3/c1-7(2)6-9(5)12-14-10-13-11(15-12)8(3)4/h7-10,13-15H,6H2,1-5H3. The molecular formula is C9H24B3N3. The predicted molar refractivity (Wildman–Crippen MR) is 72.0 cm³/mol. The van der Waals surface area contributed by atoms with Crippen LogP contribution in [-0.4, -0.2) is 21.5 Å². The molecule has 1 aliphatic heterocycles. The Hall–Kier alpha value is 0.0748. The summed E-state index contributed by atoms with van der Waals surface area (Å²) < 4.78 is 0. The van der Waals surface area contributed by atoms with Gasteiger partial charge in [0.25, 0.3) is 21.5 Å². The van der Waals surface area contributed by atoms with Crippen molar-refractivity contribution in [2.24, 2.45) is 5.92 Å². The van der Waals surface area contributed by atoms with Gasteiger partial charge in [0, 0.05) is 0 Å². The molecule has 3 nitrogen and oxygen atoms in total. The van der Waals surface area contributed by atoms with E-state index in [0.717, 1.165) is 13.5 Å². The molecule has 1 unspecified atom stereocenters. The van der Waals surface area contributed by atoms with Crippen molar-refractivity contribution in [3.05, 3.63) is 0 Å². The van der Waals surface area contributed by atoms with Gasteiger partial charge in [0.2, 0.25) is 0 Å². The van der Waals surface area contributed by atoms with Crippen LogP contribution in [0.25, 0.3) is 0 Å². The Bertz CT molecular complexity index is 189. The maximum absolute atomic E-state index is 3.64. The van der Waals surface area contributed by atoms with Gasteiger partial charge < -0.3 is 15.4 Å². The Labute approximate surface area is 96.1 Å². The minimum Gasteiger partial charge on any atom is -0.374 e. The van der Waals surface area contributed by atoms with E-state index in [2.05, 4.69) is 50.0 Å². The van der Waals surface area contributed by atoms with Gasteiger partial charge in [-0.3, -0.25) is 0 Å². The van der Waals surface area contributed by atoms with Crippen LogP contribution in [0.2, 0.25) is 11.6 Å². The van der Waals surface area contributed by atoms with Crippen LogP contribution in [0.3, 0.4) is 0 Å². The lowest BCUT2D eigenvalue weighted by Gasteiger charge is -2.33. The Balaban J connectivity index is 2.41. The molecule has 0 aliphatic carbocycles. The summed E-state index contributed by atoms with van der Waals surface area (Å²) in [6.07, 6.45) is 1.27. The molecule has 0 radical (unpaired) electrons.